The first-order chi connectivity index (χ1) is 48.4. The van der Waals surface area contributed by atoms with Crippen molar-refractivity contribution in [2.45, 2.75) is 104 Å². The highest BCUT2D eigenvalue weighted by Gasteiger charge is 2.28. The van der Waals surface area contributed by atoms with Crippen LogP contribution in [0.25, 0.3) is 42.7 Å². The third kappa shape index (κ3) is 15.0. The maximum Gasteiger partial charge on any atom is 0.345 e. The molecule has 1 aliphatic heterocycles. The Kier molecular flexibility index (Phi) is 21.5. The lowest BCUT2D eigenvalue weighted by atomic mass is 10.0. The number of nitrogens with zero attached hydrogens (tertiary/aromatic N) is 8. The number of hydrazone groups is 1. The van der Waals surface area contributed by atoms with Crippen molar-refractivity contribution in [2.75, 3.05) is 10.7 Å². The number of benzene rings is 6. The monoisotopic (exact) mass is 1490 g/mol. The highest BCUT2D eigenvalue weighted by molar-refractivity contribution is 8.93. The number of thiophene rings is 3. The van der Waals surface area contributed by atoms with Gasteiger partial charge in [-0.05, 0) is 220 Å². The minimum atomic E-state index is -1.02. The Bertz CT molecular complexity index is 5100. The highest BCUT2D eigenvalue weighted by Crippen LogP contribution is 2.44. The summed E-state index contributed by atoms with van der Waals surface area (Å²) in [6.45, 7) is 12.0. The molecular formula is C75H70BrN11O12S3. The van der Waals surface area contributed by atoms with Crippen molar-refractivity contribution in [1.29, 1.82) is 0 Å². The predicted molar refractivity (Wildman–Crippen MR) is 402 cm³/mol. The number of aryl methyl sites for hydroxylation is 5. The summed E-state index contributed by atoms with van der Waals surface area (Å²) in [7, 11) is 0. The standard InChI is InChI=1S/2C25H22N4O4S.C14H16N2O.C11H9NO3S.BrH/c2*1-13-6-7-15-8-9-16(12-18(13)15)29-24(31)22(14(2)28-29)27-26-19-5-3-4-17(23(19)30)20-10-11-21(34-20)25(32)33;1-9-3-4-11-5-6-12(8-13(9)11)16-14(17)7-10(2)15-16;12-7-3-1-2-6(10(7)13)8-4-5-9(16-8)11(14)15;/h2*3-5,8-13,28,30H,6-7H2,1-2H3,(H,32,33);5-6,8-9H,3-4,7H2,1-2H3;1-5,13H,12H2,(H,14,15);1H. The SMILES string of the molecule is Br.CC1=NN(c2ccc3c(c2)C(C)CC3)C(=O)C1.Cc1[nH]n(-c2ccc3c(c2)C(C)CC3)c(=O)c1N=Nc1cccc(-c2ccc(C(=O)O)s2)c1O.Cc1[nH]n(-c2ccc3c(c2)C(C)CC3)c(=O)c1N=Nc1cccc(-c2ccc(C(=O)O)s2)c1O.Nc1cccc(-c2ccc(C(=O)O)s2)c1O. The van der Waals surface area contributed by atoms with Gasteiger partial charge in [0, 0.05) is 37.0 Å². The molecule has 23 nitrogen and oxygen atoms in total. The smallest absolute Gasteiger partial charge is 0.345 e. The van der Waals surface area contributed by atoms with Crippen LogP contribution in [0.15, 0.2) is 181 Å². The molecule has 0 saturated carbocycles. The summed E-state index contributed by atoms with van der Waals surface area (Å²) in [6.07, 6.45) is 7.17. The second-order valence-electron chi connectivity index (χ2n) is 25.0. The summed E-state index contributed by atoms with van der Waals surface area (Å²) in [5.41, 5.74) is 19.7. The maximum atomic E-state index is 13.1. The quantitative estimate of drug-likeness (QED) is 0.0295. The molecule has 0 spiro atoms. The lowest BCUT2D eigenvalue weighted by molar-refractivity contribution is -0.116. The molecule has 15 rings (SSSR count). The Morgan fingerprint density at radius 1 is 0.490 bits per heavy atom. The lowest BCUT2D eigenvalue weighted by Crippen LogP contribution is -2.19. The number of aromatic amines is 2. The van der Waals surface area contributed by atoms with Crippen LogP contribution >= 0.6 is 51.0 Å². The number of nitrogens with one attached hydrogen (secondary N) is 2. The molecule has 0 saturated heterocycles. The number of carbonyl (C=O) groups excluding carboxylic acids is 1. The molecule has 0 bridgehead atoms. The van der Waals surface area contributed by atoms with Gasteiger partial charge in [-0.1, -0.05) is 57.2 Å². The maximum absolute atomic E-state index is 13.1. The van der Waals surface area contributed by atoms with Crippen molar-refractivity contribution in [3.05, 3.63) is 226 Å². The van der Waals surface area contributed by atoms with Crippen LogP contribution in [-0.4, -0.2) is 79.7 Å². The van der Waals surface area contributed by atoms with E-state index in [-0.39, 0.29) is 94.3 Å². The van der Waals surface area contributed by atoms with Crippen LogP contribution in [0.4, 0.5) is 34.1 Å². The van der Waals surface area contributed by atoms with Crippen LogP contribution in [0.3, 0.4) is 0 Å². The number of nitrogen functional groups attached to an aromatic ring is 1. The van der Waals surface area contributed by atoms with Gasteiger partial charge in [0.15, 0.2) is 22.9 Å². The molecule has 5 aromatic heterocycles. The minimum absolute atomic E-state index is 0. The van der Waals surface area contributed by atoms with Crippen LogP contribution in [-0.2, 0) is 24.1 Å². The summed E-state index contributed by atoms with van der Waals surface area (Å²) in [6, 6.07) is 42.7. The number of amides is 1. The van der Waals surface area contributed by atoms with Crippen LogP contribution in [0, 0.1) is 13.8 Å². The summed E-state index contributed by atoms with van der Waals surface area (Å²) in [5.74, 6) is -1.69. The molecule has 11 aromatic rings. The lowest BCUT2D eigenvalue weighted by Gasteiger charge is -2.14. The van der Waals surface area contributed by atoms with Crippen molar-refractivity contribution < 1.29 is 49.8 Å². The molecule has 522 valence electrons. The molecule has 0 fully saturated rings. The average Bonchev–Trinajstić information content (AvgIpc) is 1.65. The number of hydrogen-bond acceptors (Lipinski definition) is 18. The van der Waals surface area contributed by atoms with Gasteiger partial charge in [-0.3, -0.25) is 24.6 Å². The molecule has 27 heteroatoms. The van der Waals surface area contributed by atoms with Crippen molar-refractivity contribution in [1.82, 2.24) is 19.6 Å². The van der Waals surface area contributed by atoms with E-state index < -0.39 is 17.9 Å². The van der Waals surface area contributed by atoms with Gasteiger partial charge in [-0.25, -0.2) is 28.8 Å². The van der Waals surface area contributed by atoms with Crippen LogP contribution in [0.5, 0.6) is 17.2 Å². The van der Waals surface area contributed by atoms with Gasteiger partial charge < -0.3 is 36.4 Å². The second-order valence-corrected chi connectivity index (χ2v) is 28.3. The Balaban J connectivity index is 0.000000144. The summed E-state index contributed by atoms with van der Waals surface area (Å²) in [5, 5.41) is 86.8. The number of nitrogens with two attached hydrogens (primary N) is 1. The van der Waals surface area contributed by atoms with E-state index >= 15 is 0 Å². The number of fused-ring (bicyclic) bond motifs is 3. The van der Waals surface area contributed by atoms with Crippen LogP contribution in [0.1, 0.15) is 145 Å². The zero-order valence-electron chi connectivity index (χ0n) is 56.0. The largest absolute Gasteiger partial charge is 0.505 e. The summed E-state index contributed by atoms with van der Waals surface area (Å²) >= 11 is 3.21. The van der Waals surface area contributed by atoms with E-state index in [1.807, 2.05) is 37.3 Å². The van der Waals surface area contributed by atoms with Gasteiger partial charge in [-0.2, -0.15) is 5.10 Å². The molecule has 3 unspecified atom stereocenters. The second kappa shape index (κ2) is 30.4. The molecule has 10 N–H and O–H groups in total. The first-order valence-corrected chi connectivity index (χ1v) is 34.8. The van der Waals surface area contributed by atoms with Crippen molar-refractivity contribution >= 4 is 115 Å². The summed E-state index contributed by atoms with van der Waals surface area (Å²) in [4.78, 5) is 73.5. The Morgan fingerprint density at radius 3 is 1.22 bits per heavy atom. The number of carbonyl (C=O) groups is 4. The summed E-state index contributed by atoms with van der Waals surface area (Å²) < 4.78 is 2.93. The van der Waals surface area contributed by atoms with Gasteiger partial charge in [0.2, 0.25) is 0 Å². The number of rotatable bonds is 13. The highest BCUT2D eigenvalue weighted by atomic mass is 79.9. The van der Waals surface area contributed by atoms with Gasteiger partial charge in [0.05, 0.1) is 40.6 Å². The van der Waals surface area contributed by atoms with Gasteiger partial charge in [0.25, 0.3) is 17.0 Å². The number of halogens is 1. The molecule has 3 aliphatic carbocycles. The number of para-hydroxylation sites is 3. The normalized spacial score (nSPS) is 15.5. The molecule has 0 radical (unpaired) electrons. The number of H-pyrrole nitrogens is 2. The van der Waals surface area contributed by atoms with Crippen molar-refractivity contribution in [2.24, 2.45) is 25.6 Å². The third-order valence-electron chi connectivity index (χ3n) is 18.1. The van der Waals surface area contributed by atoms with E-state index in [4.69, 9.17) is 21.1 Å². The van der Waals surface area contributed by atoms with Crippen LogP contribution < -0.4 is 21.9 Å². The zero-order valence-corrected chi connectivity index (χ0v) is 60.1. The predicted octanol–water partition coefficient (Wildman–Crippen LogP) is 18.0. The van der Waals surface area contributed by atoms with E-state index in [0.717, 1.165) is 88.9 Å². The Labute approximate surface area is 606 Å². The van der Waals surface area contributed by atoms with E-state index in [0.29, 0.717) is 66.9 Å². The molecule has 6 aromatic carbocycles. The van der Waals surface area contributed by atoms with E-state index in [9.17, 15) is 44.1 Å². The number of azo groups is 2. The fourth-order valence-electron chi connectivity index (χ4n) is 12.6. The number of aromatic nitrogens is 4. The Hall–Kier alpha value is -11.1. The number of phenolic OH excluding ortho intramolecular Hbond substituents is 3. The number of carboxylic acids is 3. The first kappa shape index (κ1) is 72.1. The molecule has 6 heterocycles. The zero-order chi connectivity index (χ0) is 71.7. The number of hydrogen-bond donors (Lipinski definition) is 9. The fraction of sp³-hybridized carbons (Fsp3) is 0.213. The van der Waals surface area contributed by atoms with Crippen molar-refractivity contribution in [3.8, 4) is 59.9 Å². The number of carboxylic acid groups (broad SMARTS) is 3. The number of phenols is 3. The molecular weight excluding hydrogens is 1420 g/mol. The van der Waals surface area contributed by atoms with Crippen molar-refractivity contribution in [3.63, 3.8) is 0 Å². The van der Waals surface area contributed by atoms with Gasteiger partial charge >= 0.3 is 17.9 Å². The van der Waals surface area contributed by atoms with E-state index in [2.05, 4.69) is 80.8 Å². The average molecular weight is 1490 g/mol. The number of aromatic hydroxyl groups is 3. The van der Waals surface area contributed by atoms with Gasteiger partial charge in [0.1, 0.15) is 31.8 Å². The first-order valence-electron chi connectivity index (χ1n) is 32.4. The van der Waals surface area contributed by atoms with Crippen LogP contribution in [0.2, 0.25) is 0 Å². The Morgan fingerprint density at radius 2 is 0.853 bits per heavy atom. The number of anilines is 2. The van der Waals surface area contributed by atoms with E-state index in [1.165, 1.54) is 67.4 Å². The number of aromatic carboxylic acids is 3. The fourth-order valence-corrected chi connectivity index (χ4v) is 15.2. The molecule has 4 aliphatic rings. The molecule has 1 amide bonds. The topological polar surface area (TPSA) is 356 Å². The third-order valence-corrected chi connectivity index (χ3v) is 21.5. The molecule has 102 heavy (non-hydrogen) atoms. The molecule has 3 atom stereocenters. The van der Waals surface area contributed by atoms with Gasteiger partial charge in [-0.15, -0.1) is 71.4 Å². The van der Waals surface area contributed by atoms with E-state index in [1.54, 1.807) is 91.7 Å². The minimum Gasteiger partial charge on any atom is -0.505 e.